The largest absolute Gasteiger partial charge is 0.384 e. The highest BCUT2D eigenvalue weighted by molar-refractivity contribution is 7.89. The van der Waals surface area contributed by atoms with Gasteiger partial charge in [0.15, 0.2) is 0 Å². The number of nitrogens with zero attached hydrogens (tertiary/aromatic N) is 2. The van der Waals surface area contributed by atoms with Crippen LogP contribution in [0.3, 0.4) is 0 Å². The molecule has 1 aromatic heterocycles. The summed E-state index contributed by atoms with van der Waals surface area (Å²) < 4.78 is 31.9. The maximum Gasteiger partial charge on any atom is 0.246 e. The van der Waals surface area contributed by atoms with Crippen LogP contribution < -0.4 is 5.32 Å². The smallest absolute Gasteiger partial charge is 0.246 e. The van der Waals surface area contributed by atoms with E-state index in [0.717, 1.165) is 6.61 Å². The molecule has 7 heteroatoms. The number of hydrogen-bond donors (Lipinski definition) is 1. The van der Waals surface area contributed by atoms with Gasteiger partial charge in [-0.25, -0.2) is 8.42 Å². The number of pyridine rings is 1. The molecule has 6 nitrogen and oxygen atoms in total. The fraction of sp³-hybridized carbons (Fsp3) is 0.643. The summed E-state index contributed by atoms with van der Waals surface area (Å²) in [5.41, 5.74) is 0.582. The van der Waals surface area contributed by atoms with Gasteiger partial charge in [0.05, 0.1) is 12.3 Å². The predicted octanol–water partition coefficient (Wildman–Crippen LogP) is 1.56. The summed E-state index contributed by atoms with van der Waals surface area (Å²) in [6.45, 7) is 4.08. The van der Waals surface area contributed by atoms with Crippen LogP contribution in [0.2, 0.25) is 0 Å². The van der Waals surface area contributed by atoms with E-state index in [1.54, 1.807) is 19.3 Å². The number of nitrogens with one attached hydrogen (secondary N) is 1. The van der Waals surface area contributed by atoms with Crippen LogP contribution in [0.5, 0.6) is 0 Å². The summed E-state index contributed by atoms with van der Waals surface area (Å²) in [5.74, 6) is 0.686. The summed E-state index contributed by atoms with van der Waals surface area (Å²) in [5, 5.41) is 3.05. The van der Waals surface area contributed by atoms with E-state index in [1.165, 1.54) is 23.3 Å². The minimum Gasteiger partial charge on any atom is -0.384 e. The van der Waals surface area contributed by atoms with Gasteiger partial charge in [-0.2, -0.15) is 4.31 Å². The second-order valence-corrected chi connectivity index (χ2v) is 7.26. The molecule has 0 radical (unpaired) electrons. The molecule has 0 amide bonds. The maximum absolute atomic E-state index is 12.6. The first-order chi connectivity index (χ1) is 10.1. The van der Waals surface area contributed by atoms with Crippen LogP contribution in [0.15, 0.2) is 23.4 Å². The molecule has 0 atom stereocenters. The molecule has 1 aliphatic rings. The first kappa shape index (κ1) is 16.2. The second kappa shape index (κ2) is 7.20. The molecule has 0 bridgehead atoms. The molecule has 0 unspecified atom stereocenters. The third kappa shape index (κ3) is 4.39. The highest BCUT2D eigenvalue weighted by Gasteiger charge is 2.25. The average Bonchev–Trinajstić information content (AvgIpc) is 3.28. The van der Waals surface area contributed by atoms with Gasteiger partial charge < -0.3 is 10.1 Å². The number of likely N-dealkylation sites (N-methyl/N-ethyl adjacent to an activating group) is 1. The lowest BCUT2D eigenvalue weighted by Gasteiger charge is -2.19. The molecular formula is C14H23N3O3S. The molecule has 118 valence electrons. The Hall–Kier alpha value is -1.18. The van der Waals surface area contributed by atoms with E-state index in [0.29, 0.717) is 31.3 Å². The van der Waals surface area contributed by atoms with Crippen molar-refractivity contribution in [2.24, 2.45) is 5.92 Å². The van der Waals surface area contributed by atoms with Crippen molar-refractivity contribution in [3.8, 4) is 0 Å². The normalized spacial score (nSPS) is 15.4. The molecule has 2 rings (SSSR count). The Morgan fingerprint density at radius 1 is 1.48 bits per heavy atom. The van der Waals surface area contributed by atoms with Gasteiger partial charge in [-0.3, -0.25) is 4.98 Å². The number of rotatable bonds is 9. The van der Waals surface area contributed by atoms with E-state index in [4.69, 9.17) is 4.74 Å². The molecule has 21 heavy (non-hydrogen) atoms. The molecule has 1 saturated carbocycles. The first-order valence-corrected chi connectivity index (χ1v) is 8.71. The highest BCUT2D eigenvalue weighted by atomic mass is 32.2. The number of aromatic nitrogens is 1. The van der Waals surface area contributed by atoms with E-state index >= 15 is 0 Å². The lowest BCUT2D eigenvalue weighted by Crippen LogP contribution is -2.31. The van der Waals surface area contributed by atoms with E-state index in [9.17, 15) is 8.42 Å². The van der Waals surface area contributed by atoms with Gasteiger partial charge in [0.2, 0.25) is 10.0 Å². The second-order valence-electron chi connectivity index (χ2n) is 5.25. The standard InChI is InChI=1S/C14H23N3O3S/c1-3-16-13-6-7-15-10-14(13)21(18,19)17(2)8-9-20-11-12-4-5-12/h6-7,10,12H,3-5,8-9,11H2,1-2H3,(H,15,16). The molecule has 1 fully saturated rings. The minimum atomic E-state index is -3.55. The zero-order valence-corrected chi connectivity index (χ0v) is 13.4. The third-order valence-electron chi connectivity index (χ3n) is 3.44. The Morgan fingerprint density at radius 2 is 2.24 bits per heavy atom. The number of sulfonamides is 1. The fourth-order valence-electron chi connectivity index (χ4n) is 1.94. The molecule has 0 saturated heterocycles. The Kier molecular flexibility index (Phi) is 5.55. The Bertz CT molecular complexity index is 558. The van der Waals surface area contributed by atoms with Crippen molar-refractivity contribution in [3.63, 3.8) is 0 Å². The minimum absolute atomic E-state index is 0.205. The monoisotopic (exact) mass is 313 g/mol. The van der Waals surface area contributed by atoms with Crippen LogP contribution >= 0.6 is 0 Å². The van der Waals surface area contributed by atoms with Crippen molar-refractivity contribution in [1.29, 1.82) is 0 Å². The summed E-state index contributed by atoms with van der Waals surface area (Å²) in [6, 6.07) is 1.67. The van der Waals surface area contributed by atoms with Gasteiger partial charge >= 0.3 is 0 Å². The molecule has 1 aliphatic carbocycles. The third-order valence-corrected chi connectivity index (χ3v) is 5.33. The predicted molar refractivity (Wildman–Crippen MR) is 81.8 cm³/mol. The van der Waals surface area contributed by atoms with Crippen LogP contribution in [0.1, 0.15) is 19.8 Å². The van der Waals surface area contributed by atoms with Gasteiger partial charge in [0, 0.05) is 39.1 Å². The van der Waals surface area contributed by atoms with Gasteiger partial charge in [-0.1, -0.05) is 0 Å². The summed E-state index contributed by atoms with van der Waals surface area (Å²) in [7, 11) is -1.98. The van der Waals surface area contributed by atoms with Gasteiger partial charge in [-0.05, 0) is 31.7 Å². The zero-order chi connectivity index (χ0) is 15.3. The van der Waals surface area contributed by atoms with Crippen LogP contribution in [0, 0.1) is 5.92 Å². The molecule has 1 aromatic rings. The first-order valence-electron chi connectivity index (χ1n) is 7.27. The average molecular weight is 313 g/mol. The molecule has 1 heterocycles. The van der Waals surface area contributed by atoms with Crippen LogP contribution in [0.4, 0.5) is 5.69 Å². The van der Waals surface area contributed by atoms with Gasteiger partial charge in [0.25, 0.3) is 0 Å². The van der Waals surface area contributed by atoms with Crippen LogP contribution in [0.25, 0.3) is 0 Å². The maximum atomic E-state index is 12.6. The zero-order valence-electron chi connectivity index (χ0n) is 12.6. The van der Waals surface area contributed by atoms with E-state index in [-0.39, 0.29) is 4.90 Å². The fourth-order valence-corrected chi connectivity index (χ4v) is 3.20. The Morgan fingerprint density at radius 3 is 2.90 bits per heavy atom. The molecule has 0 spiro atoms. The van der Waals surface area contributed by atoms with E-state index in [1.807, 2.05) is 6.92 Å². The van der Waals surface area contributed by atoms with E-state index in [2.05, 4.69) is 10.3 Å². The van der Waals surface area contributed by atoms with Crippen molar-refractivity contribution in [2.45, 2.75) is 24.7 Å². The molecule has 0 aromatic carbocycles. The van der Waals surface area contributed by atoms with E-state index < -0.39 is 10.0 Å². The Balaban J connectivity index is 1.98. The Labute approximate surface area is 126 Å². The van der Waals surface area contributed by atoms with Crippen molar-refractivity contribution < 1.29 is 13.2 Å². The van der Waals surface area contributed by atoms with Crippen molar-refractivity contribution in [3.05, 3.63) is 18.5 Å². The summed E-state index contributed by atoms with van der Waals surface area (Å²) >= 11 is 0. The highest BCUT2D eigenvalue weighted by Crippen LogP contribution is 2.28. The number of hydrogen-bond acceptors (Lipinski definition) is 5. The quantitative estimate of drug-likeness (QED) is 0.701. The van der Waals surface area contributed by atoms with Crippen LogP contribution in [-0.4, -0.2) is 51.1 Å². The van der Waals surface area contributed by atoms with Crippen molar-refractivity contribution >= 4 is 15.7 Å². The number of anilines is 1. The topological polar surface area (TPSA) is 71.5 Å². The van der Waals surface area contributed by atoms with Gasteiger partial charge in [-0.15, -0.1) is 0 Å². The molecule has 0 aliphatic heterocycles. The van der Waals surface area contributed by atoms with Crippen molar-refractivity contribution in [1.82, 2.24) is 9.29 Å². The number of ether oxygens (including phenoxy) is 1. The SMILES string of the molecule is CCNc1ccncc1S(=O)(=O)N(C)CCOCC1CC1. The summed E-state index contributed by atoms with van der Waals surface area (Å²) in [4.78, 5) is 4.13. The lowest BCUT2D eigenvalue weighted by molar-refractivity contribution is 0.117. The molecular weight excluding hydrogens is 290 g/mol. The summed E-state index contributed by atoms with van der Waals surface area (Å²) in [6.07, 6.45) is 5.43. The van der Waals surface area contributed by atoms with Crippen LogP contribution in [-0.2, 0) is 14.8 Å². The lowest BCUT2D eigenvalue weighted by atomic mass is 10.4. The van der Waals surface area contributed by atoms with Crippen molar-refractivity contribution in [2.75, 3.05) is 38.7 Å². The molecule has 1 N–H and O–H groups in total. The van der Waals surface area contributed by atoms with Gasteiger partial charge in [0.1, 0.15) is 4.90 Å².